The molecule has 5 heterocycles. The number of amides is 1. The number of halogens is 1. The maximum atomic E-state index is 13.5. The van der Waals surface area contributed by atoms with Gasteiger partial charge in [-0.2, -0.15) is 0 Å². The minimum absolute atomic E-state index is 0.0114. The van der Waals surface area contributed by atoms with E-state index in [1.165, 1.54) is 0 Å². The fourth-order valence-corrected chi connectivity index (χ4v) is 5.50. The lowest BCUT2D eigenvalue weighted by atomic mass is 9.96. The molecule has 0 bridgehead atoms. The lowest BCUT2D eigenvalue weighted by Gasteiger charge is -2.40. The average Bonchev–Trinajstić information content (AvgIpc) is 3.38. The summed E-state index contributed by atoms with van der Waals surface area (Å²) in [4.78, 5) is 29.5. The van der Waals surface area contributed by atoms with Crippen molar-refractivity contribution in [1.29, 1.82) is 0 Å². The van der Waals surface area contributed by atoms with Gasteiger partial charge in [0, 0.05) is 62.4 Å². The molecule has 1 atom stereocenters. The lowest BCUT2D eigenvalue weighted by Crippen LogP contribution is -2.52. The van der Waals surface area contributed by atoms with Crippen molar-refractivity contribution in [1.82, 2.24) is 19.3 Å². The van der Waals surface area contributed by atoms with Crippen molar-refractivity contribution in [3.63, 3.8) is 0 Å². The number of carbonyl (C=O) groups is 1. The summed E-state index contributed by atoms with van der Waals surface area (Å²) < 4.78 is 2.14. The summed E-state index contributed by atoms with van der Waals surface area (Å²) in [6, 6.07) is 16.0. The van der Waals surface area contributed by atoms with Crippen molar-refractivity contribution in [2.24, 2.45) is 5.92 Å². The Morgan fingerprint density at radius 2 is 1.79 bits per heavy atom. The molecule has 0 unspecified atom stereocenters. The normalized spacial score (nSPS) is 19.2. The number of carbonyl (C=O) groups excluding carboxylic acids is 1. The Balaban J connectivity index is 1.18. The van der Waals surface area contributed by atoms with Gasteiger partial charge in [-0.25, -0.2) is 9.97 Å². The number of aromatic nitrogens is 3. The second-order valence-electron chi connectivity index (χ2n) is 9.12. The van der Waals surface area contributed by atoms with Gasteiger partial charge in [0.05, 0.1) is 17.0 Å². The van der Waals surface area contributed by atoms with Gasteiger partial charge in [0.25, 0.3) is 0 Å². The molecule has 7 nitrogen and oxygen atoms in total. The number of benzene rings is 1. The number of rotatable bonds is 3. The second-order valence-corrected chi connectivity index (χ2v) is 9.56. The van der Waals surface area contributed by atoms with Crippen molar-refractivity contribution in [2.75, 3.05) is 49.1 Å². The molecule has 0 aliphatic carbocycles. The van der Waals surface area contributed by atoms with E-state index in [0.717, 1.165) is 78.8 Å². The van der Waals surface area contributed by atoms with Crippen LogP contribution in [0.5, 0.6) is 0 Å². The monoisotopic (exact) mass is 474 g/mol. The molecule has 1 amide bonds. The van der Waals surface area contributed by atoms with Crippen molar-refractivity contribution >= 4 is 45.7 Å². The Morgan fingerprint density at radius 3 is 2.65 bits per heavy atom. The number of piperidine rings is 1. The van der Waals surface area contributed by atoms with Gasteiger partial charge in [-0.3, -0.25) is 4.79 Å². The van der Waals surface area contributed by atoms with E-state index < -0.39 is 0 Å². The summed E-state index contributed by atoms with van der Waals surface area (Å²) in [7, 11) is 0. The van der Waals surface area contributed by atoms with Crippen LogP contribution in [0.2, 0.25) is 5.02 Å². The number of hydrogen-bond acceptors (Lipinski definition) is 5. The molecule has 0 saturated carbocycles. The van der Waals surface area contributed by atoms with Crippen LogP contribution in [0.25, 0.3) is 16.7 Å². The Kier molecular flexibility index (Phi) is 5.49. The summed E-state index contributed by atoms with van der Waals surface area (Å²) >= 11 is 6.16. The van der Waals surface area contributed by atoms with Crippen molar-refractivity contribution in [3.8, 4) is 0 Å². The first-order chi connectivity index (χ1) is 16.7. The highest BCUT2D eigenvalue weighted by Crippen LogP contribution is 2.29. The molecule has 0 radical (unpaired) electrons. The Morgan fingerprint density at radius 1 is 0.941 bits per heavy atom. The zero-order valence-electron chi connectivity index (χ0n) is 19.0. The van der Waals surface area contributed by atoms with Crippen molar-refractivity contribution in [3.05, 3.63) is 65.9 Å². The molecule has 174 valence electrons. The molecule has 3 aromatic heterocycles. The molecule has 2 fully saturated rings. The third kappa shape index (κ3) is 3.84. The lowest BCUT2D eigenvalue weighted by molar-refractivity contribution is -0.136. The first-order valence-corrected chi connectivity index (χ1v) is 12.3. The molecule has 8 heteroatoms. The van der Waals surface area contributed by atoms with E-state index in [1.54, 1.807) is 6.20 Å². The van der Waals surface area contributed by atoms with E-state index in [1.807, 2.05) is 41.3 Å². The second kappa shape index (κ2) is 8.80. The van der Waals surface area contributed by atoms with E-state index in [2.05, 4.69) is 37.5 Å². The average molecular weight is 475 g/mol. The Bertz CT molecular complexity index is 1350. The first-order valence-electron chi connectivity index (χ1n) is 11.9. The minimum Gasteiger partial charge on any atom is -0.368 e. The van der Waals surface area contributed by atoms with Gasteiger partial charge < -0.3 is 19.1 Å². The summed E-state index contributed by atoms with van der Waals surface area (Å²) in [5.41, 5.74) is 3.90. The zero-order valence-corrected chi connectivity index (χ0v) is 19.7. The van der Waals surface area contributed by atoms with Crippen LogP contribution < -0.4 is 9.80 Å². The summed E-state index contributed by atoms with van der Waals surface area (Å²) in [5.74, 6) is 1.17. The van der Waals surface area contributed by atoms with Crippen LogP contribution in [0.3, 0.4) is 0 Å². The fourth-order valence-electron chi connectivity index (χ4n) is 5.31. The molecular formula is C26H27ClN6O. The molecule has 1 aromatic carbocycles. The summed E-state index contributed by atoms with van der Waals surface area (Å²) in [6.45, 7) is 4.72. The van der Waals surface area contributed by atoms with Crippen LogP contribution in [0.4, 0.5) is 11.5 Å². The van der Waals surface area contributed by atoms with E-state index in [0.29, 0.717) is 6.54 Å². The number of nitrogens with zero attached hydrogens (tertiary/aromatic N) is 6. The van der Waals surface area contributed by atoms with E-state index in [4.69, 9.17) is 16.6 Å². The molecule has 34 heavy (non-hydrogen) atoms. The van der Waals surface area contributed by atoms with Crippen LogP contribution in [0.1, 0.15) is 12.8 Å². The van der Waals surface area contributed by atoms with Gasteiger partial charge in [0.1, 0.15) is 0 Å². The predicted octanol–water partition coefficient (Wildman–Crippen LogP) is 4.10. The van der Waals surface area contributed by atoms with Crippen LogP contribution in [0.15, 0.2) is 60.9 Å². The highest BCUT2D eigenvalue weighted by atomic mass is 35.5. The molecule has 2 saturated heterocycles. The Labute approximate surface area is 203 Å². The fraction of sp³-hybridized carbons (Fsp3) is 0.346. The summed E-state index contributed by atoms with van der Waals surface area (Å²) in [6.07, 6.45) is 5.73. The van der Waals surface area contributed by atoms with Crippen LogP contribution >= 0.6 is 11.6 Å². The van der Waals surface area contributed by atoms with Crippen molar-refractivity contribution < 1.29 is 4.79 Å². The van der Waals surface area contributed by atoms with Crippen LogP contribution in [0, 0.1) is 5.92 Å². The van der Waals surface area contributed by atoms with Gasteiger partial charge in [-0.15, -0.1) is 0 Å². The smallest absolute Gasteiger partial charge is 0.227 e. The topological polar surface area (TPSA) is 57.0 Å². The predicted molar refractivity (Wildman–Crippen MR) is 136 cm³/mol. The largest absolute Gasteiger partial charge is 0.368 e. The molecule has 2 aliphatic heterocycles. The molecule has 0 N–H and O–H groups in total. The zero-order chi connectivity index (χ0) is 23.1. The number of hydrogen-bond donors (Lipinski definition) is 0. The van der Waals surface area contributed by atoms with E-state index in [9.17, 15) is 4.79 Å². The molecule has 4 aromatic rings. The molecule has 0 spiro atoms. The molecule has 2 aliphatic rings. The third-order valence-corrected chi connectivity index (χ3v) is 7.29. The first kappa shape index (κ1) is 21.2. The molecule has 6 rings (SSSR count). The Hall–Kier alpha value is -3.32. The maximum Gasteiger partial charge on any atom is 0.227 e. The number of pyridine rings is 1. The van der Waals surface area contributed by atoms with Crippen LogP contribution in [-0.4, -0.2) is 64.4 Å². The number of fused-ring (bicyclic) bond motifs is 3. The van der Waals surface area contributed by atoms with Gasteiger partial charge in [-0.1, -0.05) is 17.7 Å². The van der Waals surface area contributed by atoms with Gasteiger partial charge in [0.15, 0.2) is 11.5 Å². The van der Waals surface area contributed by atoms with Gasteiger partial charge >= 0.3 is 0 Å². The SMILES string of the molecule is O=C([C@H]1CCCN(c2nc3ncccc3n3cccc23)C1)N1CCN(c2cccc(Cl)c2)CC1. The van der Waals surface area contributed by atoms with Crippen LogP contribution in [-0.2, 0) is 4.79 Å². The van der Waals surface area contributed by atoms with E-state index >= 15 is 0 Å². The third-order valence-electron chi connectivity index (χ3n) is 7.05. The van der Waals surface area contributed by atoms with E-state index in [-0.39, 0.29) is 11.8 Å². The quantitative estimate of drug-likeness (QED) is 0.447. The van der Waals surface area contributed by atoms with Crippen molar-refractivity contribution in [2.45, 2.75) is 12.8 Å². The maximum absolute atomic E-state index is 13.5. The minimum atomic E-state index is -0.0114. The highest BCUT2D eigenvalue weighted by Gasteiger charge is 2.32. The summed E-state index contributed by atoms with van der Waals surface area (Å²) in [5, 5.41) is 0.743. The van der Waals surface area contributed by atoms with Gasteiger partial charge in [-0.05, 0) is 55.3 Å². The highest BCUT2D eigenvalue weighted by molar-refractivity contribution is 6.30. The number of piperazine rings is 1. The number of anilines is 2. The van der Waals surface area contributed by atoms with Gasteiger partial charge in [0.2, 0.25) is 5.91 Å². The molecular weight excluding hydrogens is 448 g/mol. The standard InChI is InChI=1S/C26H27ClN6O/c27-20-6-1-7-21(17-20)30-13-15-31(16-14-30)26(34)19-5-3-11-32(18-19)25-23-9-4-12-33(23)22-8-2-10-28-24(22)29-25/h1-2,4,6-10,12,17,19H,3,5,11,13-16,18H2/t19-/m0/s1.